The number of likely N-dealkylation sites (N-methyl/N-ethyl adjacent to an activating group) is 1. The Balaban J connectivity index is 2.21. The Morgan fingerprint density at radius 3 is 2.89 bits per heavy atom. The smallest absolute Gasteiger partial charge is 0.260 e. The Morgan fingerprint density at radius 1 is 1.39 bits per heavy atom. The minimum absolute atomic E-state index is 0.406. The van der Waals surface area contributed by atoms with Gasteiger partial charge in [-0.1, -0.05) is 16.8 Å². The van der Waals surface area contributed by atoms with E-state index in [0.29, 0.717) is 28.0 Å². The molecule has 0 fully saturated rings. The van der Waals surface area contributed by atoms with E-state index < -0.39 is 0 Å². The summed E-state index contributed by atoms with van der Waals surface area (Å²) >= 11 is 5.92. The largest absolute Gasteiger partial charge is 0.398 e. The van der Waals surface area contributed by atoms with E-state index in [2.05, 4.69) is 15.0 Å². The molecule has 96 valence electrons. The van der Waals surface area contributed by atoms with Gasteiger partial charge in [0.2, 0.25) is 0 Å². The maximum Gasteiger partial charge on any atom is 0.260 e. The highest BCUT2D eigenvalue weighted by Crippen LogP contribution is 2.27. The molecule has 0 spiro atoms. The SMILES string of the molecule is CN(C)CCc1noc(-c2cc(Cl)ccc2N)n1. The average Bonchev–Trinajstić information content (AvgIpc) is 2.78. The number of anilines is 1. The van der Waals surface area contributed by atoms with E-state index in [1.165, 1.54) is 0 Å². The molecule has 0 saturated carbocycles. The molecule has 5 nitrogen and oxygen atoms in total. The van der Waals surface area contributed by atoms with Crippen molar-refractivity contribution in [3.05, 3.63) is 29.0 Å². The average molecular weight is 267 g/mol. The van der Waals surface area contributed by atoms with E-state index in [1.807, 2.05) is 14.1 Å². The van der Waals surface area contributed by atoms with Crippen LogP contribution in [0, 0.1) is 0 Å². The first-order valence-corrected chi connectivity index (χ1v) is 5.97. The summed E-state index contributed by atoms with van der Waals surface area (Å²) in [4.78, 5) is 6.37. The second-order valence-electron chi connectivity index (χ2n) is 4.30. The van der Waals surface area contributed by atoms with Gasteiger partial charge in [-0.15, -0.1) is 0 Å². The topological polar surface area (TPSA) is 68.2 Å². The van der Waals surface area contributed by atoms with Gasteiger partial charge in [0.1, 0.15) is 0 Å². The van der Waals surface area contributed by atoms with Crippen LogP contribution in [0.3, 0.4) is 0 Å². The number of halogens is 1. The van der Waals surface area contributed by atoms with Crippen molar-refractivity contribution in [2.24, 2.45) is 0 Å². The van der Waals surface area contributed by atoms with Crippen LogP contribution in [-0.2, 0) is 6.42 Å². The van der Waals surface area contributed by atoms with E-state index in [4.69, 9.17) is 21.9 Å². The molecule has 2 rings (SSSR count). The van der Waals surface area contributed by atoms with E-state index in [9.17, 15) is 0 Å². The molecule has 0 amide bonds. The number of nitrogens with two attached hydrogens (primary N) is 1. The van der Waals surface area contributed by atoms with Crippen LogP contribution in [0.25, 0.3) is 11.5 Å². The Kier molecular flexibility index (Phi) is 3.84. The van der Waals surface area contributed by atoms with Crippen LogP contribution in [0.4, 0.5) is 5.69 Å². The minimum atomic E-state index is 0.406. The van der Waals surface area contributed by atoms with Gasteiger partial charge in [-0.2, -0.15) is 4.98 Å². The number of aromatic nitrogens is 2. The van der Waals surface area contributed by atoms with Gasteiger partial charge in [0.05, 0.1) is 5.56 Å². The van der Waals surface area contributed by atoms with Crippen LogP contribution >= 0.6 is 11.6 Å². The van der Waals surface area contributed by atoms with Gasteiger partial charge in [-0.3, -0.25) is 0 Å². The molecule has 1 aromatic carbocycles. The molecule has 18 heavy (non-hydrogen) atoms. The summed E-state index contributed by atoms with van der Waals surface area (Å²) < 4.78 is 5.20. The van der Waals surface area contributed by atoms with Crippen molar-refractivity contribution in [2.45, 2.75) is 6.42 Å². The fourth-order valence-electron chi connectivity index (χ4n) is 1.50. The lowest BCUT2D eigenvalue weighted by molar-refractivity contribution is 0.392. The molecule has 6 heteroatoms. The summed E-state index contributed by atoms with van der Waals surface area (Å²) in [5.41, 5.74) is 7.10. The van der Waals surface area contributed by atoms with Crippen molar-refractivity contribution in [3.63, 3.8) is 0 Å². The first-order valence-electron chi connectivity index (χ1n) is 5.59. The summed E-state index contributed by atoms with van der Waals surface area (Å²) in [6.45, 7) is 0.865. The first-order chi connectivity index (χ1) is 8.56. The quantitative estimate of drug-likeness (QED) is 0.858. The summed E-state index contributed by atoms with van der Waals surface area (Å²) in [6.07, 6.45) is 0.733. The van der Waals surface area contributed by atoms with Crippen LogP contribution in [0.1, 0.15) is 5.82 Å². The number of nitrogen functional groups attached to an aromatic ring is 1. The van der Waals surface area contributed by atoms with Crippen LogP contribution < -0.4 is 5.73 Å². The molecule has 0 saturated heterocycles. The predicted molar refractivity (Wildman–Crippen MR) is 71.4 cm³/mol. The van der Waals surface area contributed by atoms with Crippen molar-refractivity contribution in [1.82, 2.24) is 15.0 Å². The molecular weight excluding hydrogens is 252 g/mol. The summed E-state index contributed by atoms with van der Waals surface area (Å²) in [5.74, 6) is 1.07. The summed E-state index contributed by atoms with van der Waals surface area (Å²) in [6, 6.07) is 5.17. The van der Waals surface area contributed by atoms with Crippen molar-refractivity contribution >= 4 is 17.3 Å². The molecule has 0 unspecified atom stereocenters. The normalized spacial score (nSPS) is 11.1. The maximum absolute atomic E-state index is 5.92. The first kappa shape index (κ1) is 12.9. The Bertz CT molecular complexity index is 539. The number of rotatable bonds is 4. The van der Waals surface area contributed by atoms with E-state index >= 15 is 0 Å². The van der Waals surface area contributed by atoms with E-state index in [1.54, 1.807) is 18.2 Å². The van der Waals surface area contributed by atoms with Crippen LogP contribution in [0.15, 0.2) is 22.7 Å². The van der Waals surface area contributed by atoms with Crippen molar-refractivity contribution < 1.29 is 4.52 Å². The molecule has 0 bridgehead atoms. The Morgan fingerprint density at radius 2 is 2.17 bits per heavy atom. The lowest BCUT2D eigenvalue weighted by Crippen LogP contribution is -2.15. The third-order valence-electron chi connectivity index (χ3n) is 2.50. The van der Waals surface area contributed by atoms with Gasteiger partial charge in [0, 0.05) is 23.7 Å². The standard InChI is InChI=1S/C12H15ClN4O/c1-17(2)6-5-11-15-12(18-16-11)9-7-8(13)3-4-10(9)14/h3-4,7H,5-6,14H2,1-2H3. The summed E-state index contributed by atoms with van der Waals surface area (Å²) in [7, 11) is 3.99. The number of hydrogen-bond acceptors (Lipinski definition) is 5. The third-order valence-corrected chi connectivity index (χ3v) is 2.73. The zero-order valence-electron chi connectivity index (χ0n) is 10.4. The van der Waals surface area contributed by atoms with E-state index in [0.717, 1.165) is 13.0 Å². The molecule has 0 radical (unpaired) electrons. The zero-order chi connectivity index (χ0) is 13.1. The van der Waals surface area contributed by atoms with Crippen molar-refractivity contribution in [1.29, 1.82) is 0 Å². The lowest BCUT2D eigenvalue weighted by atomic mass is 10.2. The van der Waals surface area contributed by atoms with Gasteiger partial charge in [-0.25, -0.2) is 0 Å². The Labute approximate surface area is 111 Å². The van der Waals surface area contributed by atoms with Crippen LogP contribution in [-0.4, -0.2) is 35.7 Å². The molecule has 1 aromatic heterocycles. The van der Waals surface area contributed by atoms with E-state index in [-0.39, 0.29) is 0 Å². The van der Waals surface area contributed by atoms with Crippen molar-refractivity contribution in [2.75, 3.05) is 26.4 Å². The molecule has 0 aliphatic carbocycles. The number of benzene rings is 1. The van der Waals surface area contributed by atoms with Gasteiger partial charge < -0.3 is 15.2 Å². The van der Waals surface area contributed by atoms with Gasteiger partial charge in [0.25, 0.3) is 5.89 Å². The van der Waals surface area contributed by atoms with Crippen molar-refractivity contribution in [3.8, 4) is 11.5 Å². The van der Waals surface area contributed by atoms with Gasteiger partial charge >= 0.3 is 0 Å². The molecule has 0 aliphatic heterocycles. The maximum atomic E-state index is 5.92. The molecule has 1 heterocycles. The molecule has 0 atom stereocenters. The van der Waals surface area contributed by atoms with Crippen LogP contribution in [0.2, 0.25) is 5.02 Å². The fraction of sp³-hybridized carbons (Fsp3) is 0.333. The highest BCUT2D eigenvalue weighted by atomic mass is 35.5. The molecular formula is C12H15ClN4O. The highest BCUT2D eigenvalue weighted by Gasteiger charge is 2.12. The van der Waals surface area contributed by atoms with Crippen LogP contribution in [0.5, 0.6) is 0 Å². The van der Waals surface area contributed by atoms with Gasteiger partial charge in [0.15, 0.2) is 5.82 Å². The predicted octanol–water partition coefficient (Wildman–Crippen LogP) is 2.08. The Hall–Kier alpha value is -1.59. The lowest BCUT2D eigenvalue weighted by Gasteiger charge is -2.05. The monoisotopic (exact) mass is 266 g/mol. The highest BCUT2D eigenvalue weighted by molar-refractivity contribution is 6.31. The van der Waals surface area contributed by atoms with Gasteiger partial charge in [-0.05, 0) is 32.3 Å². The second-order valence-corrected chi connectivity index (χ2v) is 4.74. The molecule has 2 aromatic rings. The molecule has 0 aliphatic rings. The number of nitrogens with zero attached hydrogens (tertiary/aromatic N) is 3. The third kappa shape index (κ3) is 3.00. The second kappa shape index (κ2) is 5.37. The summed E-state index contributed by atoms with van der Waals surface area (Å²) in [5, 5.41) is 4.51. The number of hydrogen-bond donors (Lipinski definition) is 1. The minimum Gasteiger partial charge on any atom is -0.398 e. The zero-order valence-corrected chi connectivity index (χ0v) is 11.1. The molecule has 2 N–H and O–H groups in total. The fourth-order valence-corrected chi connectivity index (χ4v) is 1.67.